The minimum Gasteiger partial charge on any atom is -0.494 e. The van der Waals surface area contributed by atoms with Crippen molar-refractivity contribution in [2.45, 2.75) is 19.8 Å². The first-order valence-corrected chi connectivity index (χ1v) is 7.59. The topological polar surface area (TPSA) is 45.3 Å². The molecule has 0 saturated carbocycles. The molecule has 1 heterocycles. The lowest BCUT2D eigenvalue weighted by atomic mass is 10.1. The Bertz CT molecular complexity index is 807. The summed E-state index contributed by atoms with van der Waals surface area (Å²) in [6, 6.07) is 12.1. The molecule has 0 fully saturated rings. The van der Waals surface area contributed by atoms with Crippen molar-refractivity contribution in [2.24, 2.45) is 0 Å². The van der Waals surface area contributed by atoms with Crippen molar-refractivity contribution in [3.63, 3.8) is 0 Å². The summed E-state index contributed by atoms with van der Waals surface area (Å²) in [6.07, 6.45) is 3.00. The van der Waals surface area contributed by atoms with Gasteiger partial charge in [-0.05, 0) is 30.7 Å². The number of unbranched alkanes of at least 4 members (excludes halogenated alkanes) is 1. The summed E-state index contributed by atoms with van der Waals surface area (Å²) in [5.41, 5.74) is 2.94. The highest BCUT2D eigenvalue weighted by Crippen LogP contribution is 2.30. The minimum atomic E-state index is 0.747. The van der Waals surface area contributed by atoms with Crippen molar-refractivity contribution in [3.8, 4) is 5.75 Å². The molecule has 0 atom stereocenters. The molecule has 0 aliphatic heterocycles. The third-order valence-corrected chi connectivity index (χ3v) is 3.89. The molecule has 4 nitrogen and oxygen atoms in total. The van der Waals surface area contributed by atoms with E-state index in [9.17, 15) is 4.79 Å². The molecule has 0 unspecified atom stereocenters. The van der Waals surface area contributed by atoms with Crippen LogP contribution in [0.2, 0.25) is 0 Å². The van der Waals surface area contributed by atoms with Gasteiger partial charge in [-0.15, -0.1) is 0 Å². The Hall–Kier alpha value is -2.49. The van der Waals surface area contributed by atoms with Gasteiger partial charge >= 0.3 is 0 Å². The molecule has 0 aliphatic carbocycles. The first-order chi connectivity index (χ1) is 10.7. The summed E-state index contributed by atoms with van der Waals surface area (Å²) >= 11 is 0. The summed E-state index contributed by atoms with van der Waals surface area (Å²) in [5.74, 6) is 0.887. The third kappa shape index (κ3) is 2.64. The van der Waals surface area contributed by atoms with Crippen molar-refractivity contribution in [1.82, 2.24) is 4.98 Å². The predicted octanol–water partition coefficient (Wildman–Crippen LogP) is 4.09. The number of nitrogens with zero attached hydrogens (tertiary/aromatic N) is 1. The molecule has 0 radical (unpaired) electrons. The van der Waals surface area contributed by atoms with Crippen molar-refractivity contribution < 1.29 is 9.53 Å². The van der Waals surface area contributed by atoms with Crippen molar-refractivity contribution in [1.29, 1.82) is 0 Å². The quantitative estimate of drug-likeness (QED) is 0.550. The Balaban J connectivity index is 1.99. The minimum absolute atomic E-state index is 0.747. The van der Waals surface area contributed by atoms with Gasteiger partial charge < -0.3 is 14.6 Å². The first-order valence-electron chi connectivity index (χ1n) is 7.59. The highest BCUT2D eigenvalue weighted by atomic mass is 16.5. The second kappa shape index (κ2) is 6.10. The SMILES string of the molecule is CCCCOc1ccc2c(c1)[nH]c1cc(N(C)C=O)ccc12. The maximum absolute atomic E-state index is 10.9. The smallest absolute Gasteiger partial charge is 0.213 e. The number of nitrogens with one attached hydrogen (secondary N) is 1. The van der Waals surface area contributed by atoms with Gasteiger partial charge in [-0.3, -0.25) is 4.79 Å². The molecule has 22 heavy (non-hydrogen) atoms. The number of hydrogen-bond acceptors (Lipinski definition) is 2. The molecule has 0 aliphatic rings. The van der Waals surface area contributed by atoms with Crippen LogP contribution in [0, 0.1) is 0 Å². The van der Waals surface area contributed by atoms with Crippen LogP contribution in [-0.2, 0) is 4.79 Å². The zero-order valence-corrected chi connectivity index (χ0v) is 12.9. The Morgan fingerprint density at radius 1 is 1.14 bits per heavy atom. The molecule has 1 N–H and O–H groups in total. The Morgan fingerprint density at radius 3 is 2.59 bits per heavy atom. The van der Waals surface area contributed by atoms with E-state index in [1.54, 1.807) is 11.9 Å². The van der Waals surface area contributed by atoms with E-state index in [1.807, 2.05) is 30.3 Å². The lowest BCUT2D eigenvalue weighted by Gasteiger charge is -2.09. The van der Waals surface area contributed by atoms with Gasteiger partial charge in [0.25, 0.3) is 0 Å². The van der Waals surface area contributed by atoms with E-state index in [1.165, 1.54) is 0 Å². The van der Waals surface area contributed by atoms with Crippen molar-refractivity contribution in [3.05, 3.63) is 36.4 Å². The highest BCUT2D eigenvalue weighted by Gasteiger charge is 2.08. The number of H-pyrrole nitrogens is 1. The molecule has 2 aromatic carbocycles. The normalized spacial score (nSPS) is 11.0. The average Bonchev–Trinajstić information content (AvgIpc) is 2.91. The summed E-state index contributed by atoms with van der Waals surface area (Å²) in [4.78, 5) is 15.8. The van der Waals surface area contributed by atoms with Crippen molar-refractivity contribution in [2.75, 3.05) is 18.6 Å². The fourth-order valence-corrected chi connectivity index (χ4v) is 2.58. The molecule has 1 amide bonds. The Kier molecular flexibility index (Phi) is 4.00. The Labute approximate surface area is 129 Å². The second-order valence-corrected chi connectivity index (χ2v) is 5.48. The molecular formula is C18H20N2O2. The number of rotatable bonds is 6. The largest absolute Gasteiger partial charge is 0.494 e. The molecule has 3 rings (SSSR count). The van der Waals surface area contributed by atoms with Crippen LogP contribution in [0.3, 0.4) is 0 Å². The fraction of sp³-hybridized carbons (Fsp3) is 0.278. The number of carbonyl (C=O) groups excluding carboxylic acids is 1. The lowest BCUT2D eigenvalue weighted by Crippen LogP contribution is -2.13. The first kappa shape index (κ1) is 14.4. The van der Waals surface area contributed by atoms with Crippen LogP contribution in [0.4, 0.5) is 5.69 Å². The van der Waals surface area contributed by atoms with E-state index in [4.69, 9.17) is 4.74 Å². The number of fused-ring (bicyclic) bond motifs is 3. The zero-order valence-electron chi connectivity index (χ0n) is 12.9. The fourth-order valence-electron chi connectivity index (χ4n) is 2.58. The number of aromatic amines is 1. The van der Waals surface area contributed by atoms with Gasteiger partial charge in [-0.2, -0.15) is 0 Å². The van der Waals surface area contributed by atoms with Crippen LogP contribution in [-0.4, -0.2) is 25.0 Å². The molecule has 0 saturated heterocycles. The van der Waals surface area contributed by atoms with Gasteiger partial charge in [0.15, 0.2) is 0 Å². The van der Waals surface area contributed by atoms with Crippen molar-refractivity contribution >= 4 is 33.9 Å². The van der Waals surface area contributed by atoms with Crippen LogP contribution in [0.1, 0.15) is 19.8 Å². The molecule has 0 spiro atoms. The van der Waals surface area contributed by atoms with Crippen LogP contribution >= 0.6 is 0 Å². The predicted molar refractivity (Wildman–Crippen MR) is 90.7 cm³/mol. The molecule has 3 aromatic rings. The van der Waals surface area contributed by atoms with Crippen LogP contribution in [0.25, 0.3) is 21.8 Å². The Morgan fingerprint density at radius 2 is 1.86 bits per heavy atom. The maximum atomic E-state index is 10.9. The number of aromatic nitrogens is 1. The van der Waals surface area contributed by atoms with Crippen LogP contribution < -0.4 is 9.64 Å². The lowest BCUT2D eigenvalue weighted by molar-refractivity contribution is -0.107. The standard InChI is InChI=1S/C18H20N2O2/c1-3-4-9-22-14-6-8-16-15-7-5-13(20(2)12-21)10-17(15)19-18(16)11-14/h5-8,10-12,19H,3-4,9H2,1-2H3. The number of carbonyl (C=O) groups is 1. The zero-order chi connectivity index (χ0) is 15.5. The van der Waals surface area contributed by atoms with Crippen LogP contribution in [0.5, 0.6) is 5.75 Å². The van der Waals surface area contributed by atoms with E-state index < -0.39 is 0 Å². The summed E-state index contributed by atoms with van der Waals surface area (Å²) in [5, 5.41) is 2.32. The number of ether oxygens (including phenoxy) is 1. The van der Waals surface area contributed by atoms with Gasteiger partial charge in [0.05, 0.1) is 12.1 Å². The van der Waals surface area contributed by atoms with Gasteiger partial charge in [-0.25, -0.2) is 0 Å². The van der Waals surface area contributed by atoms with E-state index in [-0.39, 0.29) is 0 Å². The average molecular weight is 296 g/mol. The summed E-state index contributed by atoms with van der Waals surface area (Å²) in [7, 11) is 1.75. The molecule has 4 heteroatoms. The van der Waals surface area contributed by atoms with Gasteiger partial charge in [-0.1, -0.05) is 19.4 Å². The number of anilines is 1. The van der Waals surface area contributed by atoms with E-state index in [0.29, 0.717) is 0 Å². The molecule has 1 aromatic heterocycles. The molecular weight excluding hydrogens is 276 g/mol. The van der Waals surface area contributed by atoms with E-state index in [0.717, 1.165) is 59.1 Å². The maximum Gasteiger partial charge on any atom is 0.213 e. The summed E-state index contributed by atoms with van der Waals surface area (Å²) in [6.45, 7) is 2.90. The highest BCUT2D eigenvalue weighted by molar-refractivity contribution is 6.08. The second-order valence-electron chi connectivity index (χ2n) is 5.48. The van der Waals surface area contributed by atoms with Gasteiger partial charge in [0.2, 0.25) is 6.41 Å². The van der Waals surface area contributed by atoms with Gasteiger partial charge in [0, 0.05) is 35.1 Å². The number of hydrogen-bond donors (Lipinski definition) is 1. The number of benzene rings is 2. The molecule has 0 bridgehead atoms. The summed E-state index contributed by atoms with van der Waals surface area (Å²) < 4.78 is 5.76. The van der Waals surface area contributed by atoms with E-state index in [2.05, 4.69) is 18.0 Å². The van der Waals surface area contributed by atoms with Gasteiger partial charge in [0.1, 0.15) is 5.75 Å². The monoisotopic (exact) mass is 296 g/mol. The van der Waals surface area contributed by atoms with Crippen LogP contribution in [0.15, 0.2) is 36.4 Å². The third-order valence-electron chi connectivity index (χ3n) is 3.89. The van der Waals surface area contributed by atoms with E-state index >= 15 is 0 Å². The number of amides is 1. The molecule has 114 valence electrons.